The number of halogens is 3. The minimum absolute atomic E-state index is 0.0330. The van der Waals surface area contributed by atoms with Crippen molar-refractivity contribution in [2.75, 3.05) is 0 Å². The van der Waals surface area contributed by atoms with Gasteiger partial charge in [0.15, 0.2) is 12.2 Å². The minimum atomic E-state index is -4.65. The Kier molecular flexibility index (Phi) is 4.72. The van der Waals surface area contributed by atoms with Crippen molar-refractivity contribution >= 4 is 5.97 Å². The normalized spacial score (nSPS) is 15.1. The van der Waals surface area contributed by atoms with Gasteiger partial charge in [0, 0.05) is 0 Å². The molecular formula is C12H13F3O3. The molecule has 0 amide bonds. The molecular weight excluding hydrogens is 249 g/mol. The first-order valence-corrected chi connectivity index (χ1v) is 5.36. The van der Waals surface area contributed by atoms with Crippen LogP contribution in [0.4, 0.5) is 13.2 Å². The second-order valence-corrected chi connectivity index (χ2v) is 3.70. The molecule has 0 aromatic heterocycles. The lowest BCUT2D eigenvalue weighted by atomic mass is 10.1. The van der Waals surface area contributed by atoms with Gasteiger partial charge < -0.3 is 9.84 Å². The molecule has 18 heavy (non-hydrogen) atoms. The molecule has 0 aliphatic heterocycles. The summed E-state index contributed by atoms with van der Waals surface area (Å²) >= 11 is 0. The first kappa shape index (κ1) is 14.5. The Balaban J connectivity index is 2.97. The molecule has 0 radical (unpaired) electrons. The lowest BCUT2D eigenvalue weighted by Gasteiger charge is -2.24. The number of alkyl halides is 3. The Hall–Kier alpha value is -1.56. The standard InChI is InChI=1S/C12H13F3O3/c1-2-9(11(16)17)18-10(12(13,14)15)8-6-4-3-5-7-8/h3-7,9-10H,2H2,1H3,(H,16,17). The molecule has 0 fully saturated rings. The maximum Gasteiger partial charge on any atom is 0.418 e. The number of hydrogen-bond donors (Lipinski definition) is 1. The van der Waals surface area contributed by atoms with Crippen molar-refractivity contribution in [1.29, 1.82) is 0 Å². The highest BCUT2D eigenvalue weighted by atomic mass is 19.4. The number of aliphatic carboxylic acids is 1. The Bertz CT molecular complexity index is 389. The summed E-state index contributed by atoms with van der Waals surface area (Å²) in [5.41, 5.74) is -0.107. The van der Waals surface area contributed by atoms with Gasteiger partial charge in [0.1, 0.15) is 0 Å². The van der Waals surface area contributed by atoms with Gasteiger partial charge in [-0.3, -0.25) is 0 Å². The topological polar surface area (TPSA) is 46.5 Å². The van der Waals surface area contributed by atoms with Gasteiger partial charge in [0.05, 0.1) is 0 Å². The molecule has 6 heteroatoms. The molecule has 1 aromatic carbocycles. The molecule has 1 N–H and O–H groups in total. The van der Waals surface area contributed by atoms with Crippen LogP contribution >= 0.6 is 0 Å². The summed E-state index contributed by atoms with van der Waals surface area (Å²) in [4.78, 5) is 10.7. The van der Waals surface area contributed by atoms with Crippen molar-refractivity contribution in [1.82, 2.24) is 0 Å². The lowest BCUT2D eigenvalue weighted by Crippen LogP contribution is -2.32. The number of rotatable bonds is 5. The van der Waals surface area contributed by atoms with E-state index < -0.39 is 24.4 Å². The van der Waals surface area contributed by atoms with E-state index in [0.717, 1.165) is 0 Å². The Morgan fingerprint density at radius 1 is 1.33 bits per heavy atom. The number of benzene rings is 1. The third kappa shape index (κ3) is 3.73. The van der Waals surface area contributed by atoms with Crippen LogP contribution in [0.5, 0.6) is 0 Å². The number of carbonyl (C=O) groups is 1. The predicted molar refractivity (Wildman–Crippen MR) is 58.0 cm³/mol. The first-order valence-electron chi connectivity index (χ1n) is 5.36. The van der Waals surface area contributed by atoms with Crippen LogP contribution in [0.2, 0.25) is 0 Å². The van der Waals surface area contributed by atoms with E-state index >= 15 is 0 Å². The molecule has 0 bridgehead atoms. The van der Waals surface area contributed by atoms with Gasteiger partial charge in [-0.05, 0) is 12.0 Å². The monoisotopic (exact) mass is 262 g/mol. The van der Waals surface area contributed by atoms with Gasteiger partial charge >= 0.3 is 12.1 Å². The zero-order valence-electron chi connectivity index (χ0n) is 9.65. The molecule has 3 nitrogen and oxygen atoms in total. The fourth-order valence-corrected chi connectivity index (χ4v) is 1.47. The van der Waals surface area contributed by atoms with Crippen molar-refractivity contribution in [3.63, 3.8) is 0 Å². The van der Waals surface area contributed by atoms with Crippen molar-refractivity contribution < 1.29 is 27.8 Å². The molecule has 0 aliphatic rings. The van der Waals surface area contributed by atoms with Crippen LogP contribution in [0.3, 0.4) is 0 Å². The van der Waals surface area contributed by atoms with Crippen LogP contribution in [0, 0.1) is 0 Å². The summed E-state index contributed by atoms with van der Waals surface area (Å²) < 4.78 is 43.2. The van der Waals surface area contributed by atoms with Crippen molar-refractivity contribution in [2.24, 2.45) is 0 Å². The van der Waals surface area contributed by atoms with Gasteiger partial charge in [0.25, 0.3) is 0 Å². The van der Waals surface area contributed by atoms with E-state index in [1.54, 1.807) is 6.07 Å². The van der Waals surface area contributed by atoms with E-state index in [4.69, 9.17) is 5.11 Å². The van der Waals surface area contributed by atoms with Crippen LogP contribution in [0.1, 0.15) is 25.0 Å². The van der Waals surface area contributed by atoms with Crippen LogP contribution in [-0.4, -0.2) is 23.4 Å². The van der Waals surface area contributed by atoms with Crippen LogP contribution in [-0.2, 0) is 9.53 Å². The average molecular weight is 262 g/mol. The molecule has 2 atom stereocenters. The molecule has 0 saturated heterocycles. The molecule has 0 heterocycles. The van der Waals surface area contributed by atoms with E-state index in [1.165, 1.54) is 31.2 Å². The molecule has 0 spiro atoms. The minimum Gasteiger partial charge on any atom is -0.479 e. The van der Waals surface area contributed by atoms with Crippen LogP contribution in [0.25, 0.3) is 0 Å². The van der Waals surface area contributed by atoms with E-state index in [0.29, 0.717) is 0 Å². The number of carboxylic acid groups (broad SMARTS) is 1. The van der Waals surface area contributed by atoms with Gasteiger partial charge in [-0.15, -0.1) is 0 Å². The summed E-state index contributed by atoms with van der Waals surface area (Å²) in [7, 11) is 0. The largest absolute Gasteiger partial charge is 0.479 e. The van der Waals surface area contributed by atoms with Crippen molar-refractivity contribution in [2.45, 2.75) is 31.7 Å². The third-order valence-electron chi connectivity index (χ3n) is 2.35. The SMILES string of the molecule is CCC(OC(c1ccccc1)C(F)(F)F)C(=O)O. The van der Waals surface area contributed by atoms with Gasteiger partial charge in [0.2, 0.25) is 0 Å². The Labute approximate surface area is 102 Å². The molecule has 0 aliphatic carbocycles. The third-order valence-corrected chi connectivity index (χ3v) is 2.35. The first-order chi connectivity index (χ1) is 8.36. The average Bonchev–Trinajstić information content (AvgIpc) is 2.29. The summed E-state index contributed by atoms with van der Waals surface area (Å²) in [6, 6.07) is 6.98. The highest BCUT2D eigenvalue weighted by Gasteiger charge is 2.43. The van der Waals surface area contributed by atoms with Crippen molar-refractivity contribution in [3.05, 3.63) is 35.9 Å². The van der Waals surface area contributed by atoms with E-state index in [9.17, 15) is 18.0 Å². The number of hydrogen-bond acceptors (Lipinski definition) is 2. The molecule has 1 aromatic rings. The summed E-state index contributed by atoms with van der Waals surface area (Å²) in [5, 5.41) is 8.74. The van der Waals surface area contributed by atoms with E-state index in [1.807, 2.05) is 0 Å². The second-order valence-electron chi connectivity index (χ2n) is 3.70. The lowest BCUT2D eigenvalue weighted by molar-refractivity contribution is -0.238. The van der Waals surface area contributed by atoms with E-state index in [-0.39, 0.29) is 12.0 Å². The smallest absolute Gasteiger partial charge is 0.418 e. The highest BCUT2D eigenvalue weighted by molar-refractivity contribution is 5.72. The molecule has 1 rings (SSSR count). The quantitative estimate of drug-likeness (QED) is 0.886. The Morgan fingerprint density at radius 2 is 1.89 bits per heavy atom. The maximum atomic E-state index is 12.8. The predicted octanol–water partition coefficient (Wildman–Crippen LogP) is 3.17. The summed E-state index contributed by atoms with van der Waals surface area (Å²) in [5.74, 6) is -1.40. The fraction of sp³-hybridized carbons (Fsp3) is 0.417. The number of carboxylic acids is 1. The second kappa shape index (κ2) is 5.86. The van der Waals surface area contributed by atoms with Crippen molar-refractivity contribution in [3.8, 4) is 0 Å². The zero-order chi connectivity index (χ0) is 13.8. The summed E-state index contributed by atoms with van der Waals surface area (Å²) in [6.07, 6.45) is -8.38. The maximum absolute atomic E-state index is 12.8. The Morgan fingerprint density at radius 3 is 2.28 bits per heavy atom. The van der Waals surface area contributed by atoms with Gasteiger partial charge in [-0.2, -0.15) is 13.2 Å². The fourth-order valence-electron chi connectivity index (χ4n) is 1.47. The zero-order valence-corrected chi connectivity index (χ0v) is 9.65. The molecule has 0 saturated carbocycles. The molecule has 2 unspecified atom stereocenters. The van der Waals surface area contributed by atoms with Gasteiger partial charge in [-0.1, -0.05) is 37.3 Å². The van der Waals surface area contributed by atoms with E-state index in [2.05, 4.69) is 4.74 Å². The molecule has 100 valence electrons. The van der Waals surface area contributed by atoms with Crippen LogP contribution < -0.4 is 0 Å². The number of ether oxygens (including phenoxy) is 1. The highest BCUT2D eigenvalue weighted by Crippen LogP contribution is 2.36. The van der Waals surface area contributed by atoms with Crippen LogP contribution in [0.15, 0.2) is 30.3 Å². The summed E-state index contributed by atoms with van der Waals surface area (Å²) in [6.45, 7) is 1.46. The van der Waals surface area contributed by atoms with Gasteiger partial charge in [-0.25, -0.2) is 4.79 Å².